The Morgan fingerprint density at radius 2 is 1.69 bits per heavy atom. The molecule has 0 saturated carbocycles. The molecule has 2 aromatic rings. The first kappa shape index (κ1) is 22.0. The van der Waals surface area contributed by atoms with Crippen LogP contribution in [0.4, 0.5) is 17.1 Å². The highest BCUT2D eigenvalue weighted by molar-refractivity contribution is 6.06. The Hall–Kier alpha value is -3.29. The molecular formula is C21H27N3O5. The third-order valence-corrected chi connectivity index (χ3v) is 4.06. The fourth-order valence-corrected chi connectivity index (χ4v) is 2.57. The van der Waals surface area contributed by atoms with E-state index in [0.717, 1.165) is 18.5 Å². The molecule has 1 amide bonds. The lowest BCUT2D eigenvalue weighted by molar-refractivity contribution is -0.384. The number of hydrogen-bond donors (Lipinski definition) is 1. The lowest BCUT2D eigenvalue weighted by Gasteiger charge is -2.15. The maximum absolute atomic E-state index is 12.7. The van der Waals surface area contributed by atoms with Gasteiger partial charge in [0, 0.05) is 31.4 Å². The van der Waals surface area contributed by atoms with Crippen molar-refractivity contribution in [2.45, 2.75) is 26.7 Å². The van der Waals surface area contributed by atoms with Crippen molar-refractivity contribution in [3.8, 4) is 11.5 Å². The van der Waals surface area contributed by atoms with Crippen molar-refractivity contribution in [3.63, 3.8) is 0 Å². The normalized spacial score (nSPS) is 10.3. The number of nitro groups is 1. The summed E-state index contributed by atoms with van der Waals surface area (Å²) < 4.78 is 11.3. The predicted molar refractivity (Wildman–Crippen MR) is 113 cm³/mol. The zero-order valence-electron chi connectivity index (χ0n) is 17.2. The molecule has 0 spiro atoms. The number of amides is 1. The van der Waals surface area contributed by atoms with Gasteiger partial charge in [0.25, 0.3) is 11.6 Å². The van der Waals surface area contributed by atoms with Crippen molar-refractivity contribution < 1.29 is 19.2 Å². The number of nitrogens with zero attached hydrogens (tertiary/aromatic N) is 2. The standard InChI is InChI=1S/C21H27N3O5/c1-5-10-28-19-13-17(18(24(26)27)14-20(19)29-11-6-2)22-21(25)15-8-7-9-16(12-15)23(3)4/h7-9,12-14H,5-6,10-11H2,1-4H3,(H,22,25). The van der Waals surface area contributed by atoms with Crippen molar-refractivity contribution in [2.75, 3.05) is 37.5 Å². The molecule has 0 aliphatic carbocycles. The number of carbonyl (C=O) groups excluding carboxylic acids is 1. The maximum atomic E-state index is 12.7. The number of nitrogens with one attached hydrogen (secondary N) is 1. The minimum atomic E-state index is -0.547. The van der Waals surface area contributed by atoms with Crippen LogP contribution in [0.2, 0.25) is 0 Å². The molecular weight excluding hydrogens is 374 g/mol. The highest BCUT2D eigenvalue weighted by atomic mass is 16.6. The van der Waals surface area contributed by atoms with Gasteiger partial charge in [-0.25, -0.2) is 0 Å². The first-order valence-electron chi connectivity index (χ1n) is 9.54. The van der Waals surface area contributed by atoms with Crippen molar-refractivity contribution >= 4 is 23.0 Å². The number of benzene rings is 2. The van der Waals surface area contributed by atoms with E-state index in [1.54, 1.807) is 18.2 Å². The summed E-state index contributed by atoms with van der Waals surface area (Å²) in [4.78, 5) is 25.6. The summed E-state index contributed by atoms with van der Waals surface area (Å²) >= 11 is 0. The second kappa shape index (κ2) is 10.3. The molecule has 156 valence electrons. The molecule has 1 N–H and O–H groups in total. The molecule has 0 aromatic heterocycles. The quantitative estimate of drug-likeness (QED) is 0.466. The number of ether oxygens (including phenoxy) is 2. The van der Waals surface area contributed by atoms with E-state index in [9.17, 15) is 14.9 Å². The number of carbonyl (C=O) groups is 1. The molecule has 0 heterocycles. The second-order valence-corrected chi connectivity index (χ2v) is 6.67. The number of hydrogen-bond acceptors (Lipinski definition) is 6. The SMILES string of the molecule is CCCOc1cc(NC(=O)c2cccc(N(C)C)c2)c([N+](=O)[O-])cc1OCCC. The smallest absolute Gasteiger partial charge is 0.296 e. The minimum Gasteiger partial charge on any atom is -0.490 e. The fourth-order valence-electron chi connectivity index (χ4n) is 2.57. The van der Waals surface area contributed by atoms with Crippen LogP contribution in [-0.4, -0.2) is 38.1 Å². The van der Waals surface area contributed by atoms with Crippen LogP contribution in [0.5, 0.6) is 11.5 Å². The van der Waals surface area contributed by atoms with Gasteiger partial charge in [0.2, 0.25) is 0 Å². The molecule has 8 nitrogen and oxygen atoms in total. The molecule has 0 bridgehead atoms. The van der Waals surface area contributed by atoms with E-state index in [1.165, 1.54) is 12.1 Å². The summed E-state index contributed by atoms with van der Waals surface area (Å²) in [5.41, 5.74) is 1.05. The van der Waals surface area contributed by atoms with Crippen LogP contribution in [0.25, 0.3) is 0 Å². The molecule has 0 atom stereocenters. The van der Waals surface area contributed by atoms with Gasteiger partial charge in [0.1, 0.15) is 5.69 Å². The maximum Gasteiger partial charge on any atom is 0.296 e. The van der Waals surface area contributed by atoms with Gasteiger partial charge in [0.15, 0.2) is 11.5 Å². The molecule has 0 fully saturated rings. The average molecular weight is 401 g/mol. The number of anilines is 2. The summed E-state index contributed by atoms with van der Waals surface area (Å²) in [5.74, 6) is 0.211. The van der Waals surface area contributed by atoms with Crippen LogP contribution in [0.15, 0.2) is 36.4 Å². The van der Waals surface area contributed by atoms with E-state index < -0.39 is 10.8 Å². The molecule has 29 heavy (non-hydrogen) atoms. The number of nitro benzene ring substituents is 1. The van der Waals surface area contributed by atoms with Crippen molar-refractivity contribution in [1.29, 1.82) is 0 Å². The number of rotatable bonds is 10. The summed E-state index contributed by atoms with van der Waals surface area (Å²) in [5, 5.41) is 14.2. The molecule has 0 saturated heterocycles. The van der Waals surface area contributed by atoms with E-state index in [2.05, 4.69) is 5.32 Å². The highest BCUT2D eigenvalue weighted by Crippen LogP contribution is 2.38. The van der Waals surface area contributed by atoms with Crippen LogP contribution in [-0.2, 0) is 0 Å². The molecule has 8 heteroatoms. The molecule has 0 unspecified atom stereocenters. The van der Waals surface area contributed by atoms with E-state index in [4.69, 9.17) is 9.47 Å². The second-order valence-electron chi connectivity index (χ2n) is 6.67. The van der Waals surface area contributed by atoms with Crippen LogP contribution < -0.4 is 19.7 Å². The Labute approximate surface area is 170 Å². The molecule has 0 aliphatic heterocycles. The van der Waals surface area contributed by atoms with Crippen LogP contribution in [0.3, 0.4) is 0 Å². The van der Waals surface area contributed by atoms with Gasteiger partial charge >= 0.3 is 0 Å². The summed E-state index contributed by atoms with van der Waals surface area (Å²) in [6.45, 7) is 4.73. The summed E-state index contributed by atoms with van der Waals surface area (Å²) in [6.07, 6.45) is 1.52. The Kier molecular flexibility index (Phi) is 7.82. The fraction of sp³-hybridized carbons (Fsp3) is 0.381. The van der Waals surface area contributed by atoms with E-state index in [0.29, 0.717) is 30.3 Å². The van der Waals surface area contributed by atoms with Crippen molar-refractivity contribution in [2.24, 2.45) is 0 Å². The highest BCUT2D eigenvalue weighted by Gasteiger charge is 2.22. The summed E-state index contributed by atoms with van der Waals surface area (Å²) in [7, 11) is 3.74. The minimum absolute atomic E-state index is 0.0604. The zero-order chi connectivity index (χ0) is 21.4. The Bertz CT molecular complexity index is 867. The van der Waals surface area contributed by atoms with Gasteiger partial charge in [-0.3, -0.25) is 14.9 Å². The average Bonchev–Trinajstić information content (AvgIpc) is 2.71. The summed E-state index contributed by atoms with van der Waals surface area (Å²) in [6, 6.07) is 9.75. The van der Waals surface area contributed by atoms with Gasteiger partial charge in [-0.05, 0) is 31.0 Å². The van der Waals surface area contributed by atoms with Crippen molar-refractivity contribution in [3.05, 3.63) is 52.1 Å². The van der Waals surface area contributed by atoms with Crippen LogP contribution in [0, 0.1) is 10.1 Å². The van der Waals surface area contributed by atoms with Gasteiger partial charge in [-0.2, -0.15) is 0 Å². The largest absolute Gasteiger partial charge is 0.490 e. The monoisotopic (exact) mass is 401 g/mol. The molecule has 0 aliphatic rings. The third-order valence-electron chi connectivity index (χ3n) is 4.06. The van der Waals surface area contributed by atoms with E-state index in [-0.39, 0.29) is 11.4 Å². The van der Waals surface area contributed by atoms with Gasteiger partial charge < -0.3 is 19.7 Å². The van der Waals surface area contributed by atoms with Crippen LogP contribution >= 0.6 is 0 Å². The Morgan fingerprint density at radius 3 is 2.24 bits per heavy atom. The van der Waals surface area contributed by atoms with E-state index in [1.807, 2.05) is 38.9 Å². The first-order valence-corrected chi connectivity index (χ1v) is 9.54. The zero-order valence-corrected chi connectivity index (χ0v) is 17.2. The first-order chi connectivity index (χ1) is 13.9. The van der Waals surface area contributed by atoms with Gasteiger partial charge in [-0.15, -0.1) is 0 Å². The van der Waals surface area contributed by atoms with Crippen molar-refractivity contribution in [1.82, 2.24) is 0 Å². The van der Waals surface area contributed by atoms with Gasteiger partial charge in [-0.1, -0.05) is 19.9 Å². The predicted octanol–water partition coefficient (Wildman–Crippen LogP) is 4.49. The Balaban J connectivity index is 2.40. The topological polar surface area (TPSA) is 93.9 Å². The lowest BCUT2D eigenvalue weighted by Crippen LogP contribution is -2.15. The molecule has 2 aromatic carbocycles. The van der Waals surface area contributed by atoms with Gasteiger partial charge in [0.05, 0.1) is 24.2 Å². The lowest BCUT2D eigenvalue weighted by atomic mass is 10.1. The van der Waals surface area contributed by atoms with Crippen LogP contribution in [0.1, 0.15) is 37.0 Å². The third kappa shape index (κ3) is 5.84. The molecule has 0 radical (unpaired) electrons. The molecule has 2 rings (SSSR count). The van der Waals surface area contributed by atoms with E-state index >= 15 is 0 Å². The Morgan fingerprint density at radius 1 is 1.07 bits per heavy atom.